The van der Waals surface area contributed by atoms with Gasteiger partial charge in [-0.15, -0.1) is 0 Å². The molecule has 0 radical (unpaired) electrons. The smallest absolute Gasteiger partial charge is 0.222 e. The molecule has 5 nitrogen and oxygen atoms in total. The van der Waals surface area contributed by atoms with Gasteiger partial charge in [-0.1, -0.05) is 18.6 Å². The monoisotopic (exact) mass is 279 g/mol. The van der Waals surface area contributed by atoms with Crippen molar-refractivity contribution in [3.8, 4) is 0 Å². The second kappa shape index (κ2) is 7.43. The Morgan fingerprint density at radius 1 is 1.15 bits per heavy atom. The van der Waals surface area contributed by atoms with Crippen LogP contribution in [-0.2, 0) is 9.59 Å². The van der Waals surface area contributed by atoms with Gasteiger partial charge in [-0.3, -0.25) is 9.59 Å². The van der Waals surface area contributed by atoms with Crippen molar-refractivity contribution in [3.05, 3.63) is 12.2 Å². The predicted molar refractivity (Wildman–Crippen MR) is 77.9 cm³/mol. The molecule has 20 heavy (non-hydrogen) atoms. The number of nitrogens with two attached hydrogens (primary N) is 1. The van der Waals surface area contributed by atoms with Crippen LogP contribution < -0.4 is 11.1 Å². The van der Waals surface area contributed by atoms with Gasteiger partial charge in [0.05, 0.1) is 5.92 Å². The minimum atomic E-state index is -0.323. The Bertz CT molecular complexity index is 375. The number of carbonyl (C=O) groups excluding carboxylic acids is 2. The van der Waals surface area contributed by atoms with E-state index in [0.29, 0.717) is 19.3 Å². The molecule has 2 atom stereocenters. The number of nitrogens with zero attached hydrogens (tertiary/aromatic N) is 1. The first-order chi connectivity index (χ1) is 9.66. The number of nitrogens with one attached hydrogen (secondary N) is 1. The highest BCUT2D eigenvalue weighted by molar-refractivity contribution is 5.81. The van der Waals surface area contributed by atoms with Crippen molar-refractivity contribution >= 4 is 11.8 Å². The zero-order chi connectivity index (χ0) is 14.4. The third-order valence-electron chi connectivity index (χ3n) is 4.25. The van der Waals surface area contributed by atoms with E-state index in [9.17, 15) is 9.59 Å². The second-order valence-electron chi connectivity index (χ2n) is 5.78. The van der Waals surface area contributed by atoms with Crippen LogP contribution >= 0.6 is 0 Å². The molecule has 1 aliphatic carbocycles. The zero-order valence-electron chi connectivity index (χ0n) is 12.0. The molecule has 112 valence electrons. The molecular weight excluding hydrogens is 254 g/mol. The van der Waals surface area contributed by atoms with Crippen LogP contribution in [0.4, 0.5) is 0 Å². The van der Waals surface area contributed by atoms with Crippen molar-refractivity contribution in [2.45, 2.75) is 44.6 Å². The number of hydrogen-bond donors (Lipinski definition) is 2. The van der Waals surface area contributed by atoms with E-state index in [1.165, 1.54) is 19.3 Å². The lowest BCUT2D eigenvalue weighted by Crippen LogP contribution is -2.46. The first-order valence-electron chi connectivity index (χ1n) is 7.63. The van der Waals surface area contributed by atoms with E-state index >= 15 is 0 Å². The van der Waals surface area contributed by atoms with Gasteiger partial charge in [0.25, 0.3) is 0 Å². The van der Waals surface area contributed by atoms with E-state index in [2.05, 4.69) is 10.2 Å². The van der Waals surface area contributed by atoms with E-state index in [-0.39, 0.29) is 23.8 Å². The number of rotatable bonds is 5. The molecule has 3 N–H and O–H groups in total. The molecule has 0 saturated carbocycles. The van der Waals surface area contributed by atoms with Crippen LogP contribution in [0.2, 0.25) is 0 Å². The number of hydrogen-bond acceptors (Lipinski definition) is 3. The molecule has 1 heterocycles. The number of likely N-dealkylation sites (tertiary alicyclic amines) is 1. The lowest BCUT2D eigenvalue weighted by molar-refractivity contribution is -0.125. The van der Waals surface area contributed by atoms with Crippen LogP contribution in [0.15, 0.2) is 12.2 Å². The van der Waals surface area contributed by atoms with Crippen LogP contribution in [0.3, 0.4) is 0 Å². The van der Waals surface area contributed by atoms with Gasteiger partial charge in [-0.25, -0.2) is 0 Å². The molecular formula is C15H25N3O2. The van der Waals surface area contributed by atoms with Crippen molar-refractivity contribution in [3.63, 3.8) is 0 Å². The van der Waals surface area contributed by atoms with Crippen LogP contribution in [0, 0.1) is 5.92 Å². The Morgan fingerprint density at radius 3 is 2.55 bits per heavy atom. The molecule has 0 unspecified atom stereocenters. The largest absolute Gasteiger partial charge is 0.369 e. The molecule has 0 aromatic carbocycles. The molecule has 2 amide bonds. The molecule has 0 bridgehead atoms. The minimum Gasteiger partial charge on any atom is -0.369 e. The summed E-state index contributed by atoms with van der Waals surface area (Å²) in [6.45, 7) is 3.02. The summed E-state index contributed by atoms with van der Waals surface area (Å²) in [7, 11) is 0. The molecule has 1 aliphatic heterocycles. The van der Waals surface area contributed by atoms with Crippen LogP contribution in [0.25, 0.3) is 0 Å². The number of piperidine rings is 1. The molecule has 0 spiro atoms. The standard InChI is InChI=1S/C15H25N3O2/c16-15(20)12-6-2-3-7-13(12)17-14(19)8-11-18-9-4-1-5-10-18/h2-3,12-13H,1,4-11H2,(H2,16,20)(H,17,19)/t12-,13-/m1/s1. The Kier molecular flexibility index (Phi) is 5.59. The highest BCUT2D eigenvalue weighted by atomic mass is 16.2. The Balaban J connectivity index is 1.75. The highest BCUT2D eigenvalue weighted by Gasteiger charge is 2.28. The fourth-order valence-electron chi connectivity index (χ4n) is 3.01. The van der Waals surface area contributed by atoms with Gasteiger partial charge in [0.15, 0.2) is 0 Å². The maximum Gasteiger partial charge on any atom is 0.222 e. The predicted octanol–water partition coefficient (Wildman–Crippen LogP) is 0.799. The van der Waals surface area contributed by atoms with E-state index in [1.807, 2.05) is 12.2 Å². The van der Waals surface area contributed by atoms with Gasteiger partial charge in [0, 0.05) is 19.0 Å². The molecule has 5 heteroatoms. The summed E-state index contributed by atoms with van der Waals surface area (Å²) in [5.41, 5.74) is 5.39. The number of amides is 2. The molecule has 0 aromatic heterocycles. The zero-order valence-corrected chi connectivity index (χ0v) is 12.0. The summed E-state index contributed by atoms with van der Waals surface area (Å²) in [6.07, 6.45) is 9.58. The SMILES string of the molecule is NC(=O)[C@@H]1CC=CC[C@H]1NC(=O)CCN1CCCCC1. The van der Waals surface area contributed by atoms with Gasteiger partial charge < -0.3 is 16.0 Å². The maximum absolute atomic E-state index is 12.0. The number of allylic oxidation sites excluding steroid dienone is 1. The van der Waals surface area contributed by atoms with E-state index in [1.54, 1.807) is 0 Å². The van der Waals surface area contributed by atoms with Crippen molar-refractivity contribution in [1.82, 2.24) is 10.2 Å². The summed E-state index contributed by atoms with van der Waals surface area (Å²) in [6, 6.07) is -0.133. The lowest BCUT2D eigenvalue weighted by atomic mass is 9.88. The molecule has 1 saturated heterocycles. The van der Waals surface area contributed by atoms with Gasteiger partial charge in [0.2, 0.25) is 11.8 Å². The summed E-state index contributed by atoms with van der Waals surface area (Å²) >= 11 is 0. The van der Waals surface area contributed by atoms with E-state index in [0.717, 1.165) is 19.6 Å². The van der Waals surface area contributed by atoms with E-state index < -0.39 is 0 Å². The molecule has 2 aliphatic rings. The van der Waals surface area contributed by atoms with Gasteiger partial charge in [-0.05, 0) is 38.8 Å². The lowest BCUT2D eigenvalue weighted by Gasteiger charge is -2.28. The fourth-order valence-corrected chi connectivity index (χ4v) is 3.01. The second-order valence-corrected chi connectivity index (χ2v) is 5.78. The third kappa shape index (κ3) is 4.34. The Hall–Kier alpha value is -1.36. The van der Waals surface area contributed by atoms with Crippen molar-refractivity contribution in [2.24, 2.45) is 11.7 Å². The highest BCUT2D eigenvalue weighted by Crippen LogP contribution is 2.19. The summed E-state index contributed by atoms with van der Waals surface area (Å²) in [5, 5.41) is 2.97. The summed E-state index contributed by atoms with van der Waals surface area (Å²) in [5.74, 6) is -0.559. The number of carbonyl (C=O) groups is 2. The van der Waals surface area contributed by atoms with Crippen LogP contribution in [0.5, 0.6) is 0 Å². The Labute approximate surface area is 120 Å². The normalized spacial score (nSPS) is 27.2. The Morgan fingerprint density at radius 2 is 1.85 bits per heavy atom. The molecule has 0 aromatic rings. The number of primary amides is 1. The van der Waals surface area contributed by atoms with Crippen molar-refractivity contribution in [1.29, 1.82) is 0 Å². The van der Waals surface area contributed by atoms with Gasteiger partial charge in [-0.2, -0.15) is 0 Å². The van der Waals surface area contributed by atoms with Crippen molar-refractivity contribution < 1.29 is 9.59 Å². The molecule has 2 rings (SSSR count). The summed E-state index contributed by atoms with van der Waals surface area (Å²) < 4.78 is 0. The van der Waals surface area contributed by atoms with Crippen LogP contribution in [0.1, 0.15) is 38.5 Å². The van der Waals surface area contributed by atoms with Gasteiger partial charge in [0.1, 0.15) is 0 Å². The average Bonchev–Trinajstić information content (AvgIpc) is 2.46. The first-order valence-corrected chi connectivity index (χ1v) is 7.63. The summed E-state index contributed by atoms with van der Waals surface area (Å²) in [4.78, 5) is 25.7. The topological polar surface area (TPSA) is 75.4 Å². The first kappa shape index (κ1) is 15.0. The molecule has 1 fully saturated rings. The maximum atomic E-state index is 12.0. The van der Waals surface area contributed by atoms with Crippen molar-refractivity contribution in [2.75, 3.05) is 19.6 Å². The minimum absolute atomic E-state index is 0.0297. The fraction of sp³-hybridized carbons (Fsp3) is 0.733. The van der Waals surface area contributed by atoms with Gasteiger partial charge >= 0.3 is 0 Å². The average molecular weight is 279 g/mol. The quantitative estimate of drug-likeness (QED) is 0.731. The van der Waals surface area contributed by atoms with Crippen LogP contribution in [-0.4, -0.2) is 42.4 Å². The third-order valence-corrected chi connectivity index (χ3v) is 4.25. The van der Waals surface area contributed by atoms with E-state index in [4.69, 9.17) is 5.73 Å².